The first-order valence-electron chi connectivity index (χ1n) is 5.14. The van der Waals surface area contributed by atoms with Crippen LogP contribution in [0.5, 0.6) is 0 Å². The topological polar surface area (TPSA) is 50.7 Å². The van der Waals surface area contributed by atoms with Crippen molar-refractivity contribution in [1.82, 2.24) is 20.3 Å². The second-order valence-corrected chi connectivity index (χ2v) is 4.50. The molecule has 0 spiro atoms. The number of hydrogen-bond acceptors (Lipinski definition) is 5. The van der Waals surface area contributed by atoms with E-state index in [-0.39, 0.29) is 6.04 Å². The van der Waals surface area contributed by atoms with Crippen LogP contribution in [-0.4, -0.2) is 22.0 Å². The van der Waals surface area contributed by atoms with E-state index in [1.54, 1.807) is 29.9 Å². The number of aryl methyl sites for hydroxylation is 1. The van der Waals surface area contributed by atoms with Gasteiger partial charge < -0.3 is 5.32 Å². The number of nitrogens with zero attached hydrogens (tertiary/aromatic N) is 3. The van der Waals surface area contributed by atoms with Gasteiger partial charge in [0.25, 0.3) is 0 Å². The van der Waals surface area contributed by atoms with Crippen molar-refractivity contribution in [3.8, 4) is 0 Å². The van der Waals surface area contributed by atoms with E-state index < -0.39 is 0 Å². The predicted octanol–water partition coefficient (Wildman–Crippen LogP) is 1.74. The van der Waals surface area contributed by atoms with Crippen LogP contribution in [0.1, 0.15) is 22.4 Å². The molecule has 0 saturated heterocycles. The van der Waals surface area contributed by atoms with Crippen molar-refractivity contribution in [1.29, 1.82) is 0 Å². The lowest BCUT2D eigenvalue weighted by Gasteiger charge is -2.13. The van der Waals surface area contributed by atoms with Gasteiger partial charge in [0.2, 0.25) is 0 Å². The highest BCUT2D eigenvalue weighted by atomic mass is 32.1. The van der Waals surface area contributed by atoms with Crippen molar-refractivity contribution < 1.29 is 0 Å². The normalized spacial score (nSPS) is 12.6. The Morgan fingerprint density at radius 3 is 2.88 bits per heavy atom. The average molecular weight is 234 g/mol. The summed E-state index contributed by atoms with van der Waals surface area (Å²) in [6.07, 6.45) is 6.05. The van der Waals surface area contributed by atoms with Crippen molar-refractivity contribution in [3.05, 3.63) is 40.4 Å². The fourth-order valence-electron chi connectivity index (χ4n) is 1.52. The number of aromatic nitrogens is 3. The Kier molecular flexibility index (Phi) is 3.58. The third-order valence-electron chi connectivity index (χ3n) is 2.33. The van der Waals surface area contributed by atoms with Crippen molar-refractivity contribution in [2.75, 3.05) is 7.05 Å². The third kappa shape index (κ3) is 2.62. The lowest BCUT2D eigenvalue weighted by molar-refractivity contribution is 0.571. The zero-order valence-corrected chi connectivity index (χ0v) is 10.2. The van der Waals surface area contributed by atoms with Gasteiger partial charge in [0, 0.05) is 36.1 Å². The number of thiazole rings is 1. The summed E-state index contributed by atoms with van der Waals surface area (Å²) in [6, 6.07) is 0.180. The van der Waals surface area contributed by atoms with Crippen molar-refractivity contribution in [2.24, 2.45) is 0 Å². The first-order valence-corrected chi connectivity index (χ1v) is 6.01. The van der Waals surface area contributed by atoms with Crippen LogP contribution >= 0.6 is 11.3 Å². The molecule has 1 N–H and O–H groups in total. The fraction of sp³-hybridized carbons (Fsp3) is 0.364. The minimum atomic E-state index is 0.180. The Labute approximate surface area is 98.8 Å². The van der Waals surface area contributed by atoms with Gasteiger partial charge in [0.15, 0.2) is 0 Å². The number of likely N-dealkylation sites (N-methyl/N-ethyl adjacent to an activating group) is 1. The molecule has 0 aliphatic carbocycles. The van der Waals surface area contributed by atoms with E-state index in [9.17, 15) is 0 Å². The third-order valence-corrected chi connectivity index (χ3v) is 3.32. The summed E-state index contributed by atoms with van der Waals surface area (Å²) in [5, 5.41) is 6.44. The summed E-state index contributed by atoms with van der Waals surface area (Å²) in [5.41, 5.74) is 2.03. The van der Waals surface area contributed by atoms with E-state index in [0.717, 1.165) is 22.8 Å². The van der Waals surface area contributed by atoms with Crippen molar-refractivity contribution in [2.45, 2.75) is 19.4 Å². The summed E-state index contributed by atoms with van der Waals surface area (Å²) < 4.78 is 0. The Hall–Kier alpha value is -1.33. The number of rotatable bonds is 4. The average Bonchev–Trinajstić information content (AvgIpc) is 2.73. The Bertz CT molecular complexity index is 440. The maximum absolute atomic E-state index is 4.45. The molecular formula is C11H14N4S. The highest BCUT2D eigenvalue weighted by Crippen LogP contribution is 2.18. The van der Waals surface area contributed by atoms with E-state index in [1.807, 2.05) is 14.0 Å². The quantitative estimate of drug-likeness (QED) is 0.875. The minimum absolute atomic E-state index is 0.180. The molecule has 0 radical (unpaired) electrons. The van der Waals surface area contributed by atoms with Gasteiger partial charge >= 0.3 is 0 Å². The predicted molar refractivity (Wildman–Crippen MR) is 64.4 cm³/mol. The molecule has 4 nitrogen and oxygen atoms in total. The summed E-state index contributed by atoms with van der Waals surface area (Å²) in [4.78, 5) is 12.8. The largest absolute Gasteiger partial charge is 0.311 e. The fourth-order valence-corrected chi connectivity index (χ4v) is 2.34. The Morgan fingerprint density at radius 2 is 2.31 bits per heavy atom. The van der Waals surface area contributed by atoms with Crippen LogP contribution in [0.4, 0.5) is 0 Å². The molecule has 0 fully saturated rings. The van der Waals surface area contributed by atoms with Gasteiger partial charge in [-0.05, 0) is 14.0 Å². The smallest absolute Gasteiger partial charge is 0.0947 e. The molecule has 1 unspecified atom stereocenters. The summed E-state index contributed by atoms with van der Waals surface area (Å²) in [7, 11) is 1.93. The van der Waals surface area contributed by atoms with Crippen LogP contribution < -0.4 is 5.32 Å². The molecule has 0 aliphatic heterocycles. The van der Waals surface area contributed by atoms with Gasteiger partial charge in [-0.25, -0.2) is 4.98 Å². The van der Waals surface area contributed by atoms with Gasteiger partial charge in [-0.3, -0.25) is 9.97 Å². The van der Waals surface area contributed by atoms with Gasteiger partial charge in [-0.1, -0.05) is 0 Å². The van der Waals surface area contributed by atoms with Crippen LogP contribution in [0.3, 0.4) is 0 Å². The zero-order valence-electron chi connectivity index (χ0n) is 9.34. The van der Waals surface area contributed by atoms with E-state index >= 15 is 0 Å². The van der Waals surface area contributed by atoms with Crippen LogP contribution in [0.25, 0.3) is 0 Å². The highest BCUT2D eigenvalue weighted by Gasteiger charge is 2.13. The van der Waals surface area contributed by atoms with Crippen LogP contribution in [0.15, 0.2) is 24.0 Å². The number of hydrogen-bond donors (Lipinski definition) is 1. The van der Waals surface area contributed by atoms with Crippen LogP contribution in [0.2, 0.25) is 0 Å². The molecule has 1 atom stereocenters. The molecule has 2 aromatic heterocycles. The molecular weight excluding hydrogens is 220 g/mol. The Balaban J connectivity index is 2.12. The van der Waals surface area contributed by atoms with Crippen molar-refractivity contribution in [3.63, 3.8) is 0 Å². The molecule has 16 heavy (non-hydrogen) atoms. The van der Waals surface area contributed by atoms with E-state index in [1.165, 1.54) is 0 Å². The SMILES string of the molecule is CNC(Cc1nc(C)cs1)c1cnccn1. The molecule has 5 heteroatoms. The molecule has 0 aliphatic rings. The standard InChI is InChI=1S/C11H14N4S/c1-8-7-16-11(15-8)5-9(12-2)10-6-13-3-4-14-10/h3-4,6-7,9,12H,5H2,1-2H3. The second-order valence-electron chi connectivity index (χ2n) is 3.56. The molecule has 0 saturated carbocycles. The molecule has 2 heterocycles. The monoisotopic (exact) mass is 234 g/mol. The molecule has 0 bridgehead atoms. The lowest BCUT2D eigenvalue weighted by Crippen LogP contribution is -2.20. The van der Waals surface area contributed by atoms with Gasteiger partial charge in [0.1, 0.15) is 0 Å². The molecule has 2 aromatic rings. The van der Waals surface area contributed by atoms with Gasteiger partial charge in [-0.2, -0.15) is 0 Å². The van der Waals surface area contributed by atoms with E-state index in [2.05, 4.69) is 25.6 Å². The van der Waals surface area contributed by atoms with Crippen LogP contribution in [0, 0.1) is 6.92 Å². The number of nitrogens with one attached hydrogen (secondary N) is 1. The van der Waals surface area contributed by atoms with Crippen molar-refractivity contribution >= 4 is 11.3 Å². The van der Waals surface area contributed by atoms with Gasteiger partial charge in [-0.15, -0.1) is 11.3 Å². The van der Waals surface area contributed by atoms with Crippen LogP contribution in [-0.2, 0) is 6.42 Å². The summed E-state index contributed by atoms with van der Waals surface area (Å²) >= 11 is 1.69. The second kappa shape index (κ2) is 5.14. The maximum atomic E-state index is 4.45. The molecule has 0 amide bonds. The van der Waals surface area contributed by atoms with E-state index in [4.69, 9.17) is 0 Å². The molecule has 2 rings (SSSR count). The minimum Gasteiger partial charge on any atom is -0.311 e. The lowest BCUT2D eigenvalue weighted by atomic mass is 10.1. The highest BCUT2D eigenvalue weighted by molar-refractivity contribution is 7.09. The first kappa shape index (κ1) is 11.2. The molecule has 0 aromatic carbocycles. The first-order chi connectivity index (χ1) is 7.79. The summed E-state index contributed by atoms with van der Waals surface area (Å²) in [6.45, 7) is 2.01. The molecule has 84 valence electrons. The van der Waals surface area contributed by atoms with Gasteiger partial charge in [0.05, 0.1) is 16.7 Å². The summed E-state index contributed by atoms with van der Waals surface area (Å²) in [5.74, 6) is 0. The maximum Gasteiger partial charge on any atom is 0.0947 e. The Morgan fingerprint density at radius 1 is 1.44 bits per heavy atom. The van der Waals surface area contributed by atoms with E-state index in [0.29, 0.717) is 0 Å². The zero-order chi connectivity index (χ0) is 11.4.